The third-order valence-electron chi connectivity index (χ3n) is 5.30. The van der Waals surface area contributed by atoms with Gasteiger partial charge in [0.15, 0.2) is 0 Å². The highest BCUT2D eigenvalue weighted by atomic mass is 15.6. The molecule has 2 nitrogen and oxygen atoms in total. The van der Waals surface area contributed by atoms with Gasteiger partial charge in [-0.05, 0) is 47.9 Å². The Bertz CT molecular complexity index is 723. The second-order valence-electron chi connectivity index (χ2n) is 7.78. The lowest BCUT2D eigenvalue weighted by Crippen LogP contribution is -2.34. The van der Waals surface area contributed by atoms with Crippen LogP contribution in [0.4, 0.5) is 0 Å². The van der Waals surface area contributed by atoms with Crippen LogP contribution in [-0.2, 0) is 5.41 Å². The summed E-state index contributed by atoms with van der Waals surface area (Å²) < 4.78 is 0.676. The van der Waals surface area contributed by atoms with Crippen molar-refractivity contribution in [1.29, 1.82) is 0 Å². The van der Waals surface area contributed by atoms with Crippen LogP contribution in [-0.4, -0.2) is 31.4 Å². The van der Waals surface area contributed by atoms with Crippen LogP contribution in [0.1, 0.15) is 36.8 Å². The van der Waals surface area contributed by atoms with Gasteiger partial charge in [-0.25, -0.2) is 4.59 Å². The van der Waals surface area contributed by atoms with Crippen LogP contribution >= 0.6 is 0 Å². The highest BCUT2D eigenvalue weighted by molar-refractivity contribution is 5.88. The molecule has 1 fully saturated rings. The van der Waals surface area contributed by atoms with Gasteiger partial charge in [-0.2, -0.15) is 0 Å². The van der Waals surface area contributed by atoms with Gasteiger partial charge in [-0.15, -0.1) is 0 Å². The Morgan fingerprint density at radius 1 is 0.783 bits per heavy atom. The van der Waals surface area contributed by atoms with Crippen molar-refractivity contribution in [3.05, 3.63) is 59.7 Å². The van der Waals surface area contributed by atoms with Crippen molar-refractivity contribution in [2.45, 2.75) is 31.1 Å². The summed E-state index contributed by atoms with van der Waals surface area (Å²) in [6.07, 6.45) is 4.58. The first-order valence-corrected chi connectivity index (χ1v) is 8.58. The van der Waals surface area contributed by atoms with E-state index >= 15 is 0 Å². The summed E-state index contributed by atoms with van der Waals surface area (Å²) >= 11 is 0. The van der Waals surface area contributed by atoms with Crippen LogP contribution in [0, 0.1) is 0 Å². The number of quaternary nitrogens is 1. The molecular weight excluding hydrogens is 280 g/mol. The lowest BCUT2D eigenvalue weighted by molar-refractivity contribution is -0.877. The molecule has 2 aromatic carbocycles. The fraction of sp³-hybridized carbons (Fsp3) is 0.381. The van der Waals surface area contributed by atoms with Gasteiger partial charge in [0.05, 0.1) is 26.9 Å². The Balaban J connectivity index is 1.77. The molecule has 23 heavy (non-hydrogen) atoms. The monoisotopic (exact) mass is 305 g/mol. The molecule has 0 radical (unpaired) electrons. The molecule has 118 valence electrons. The van der Waals surface area contributed by atoms with E-state index in [1.54, 1.807) is 0 Å². The molecule has 0 amide bonds. The van der Waals surface area contributed by atoms with E-state index in [1.807, 2.05) is 0 Å². The third kappa shape index (κ3) is 2.33. The van der Waals surface area contributed by atoms with Crippen molar-refractivity contribution in [3.63, 3.8) is 0 Å². The van der Waals surface area contributed by atoms with Crippen LogP contribution in [0.25, 0.3) is 11.1 Å². The lowest BCUT2D eigenvalue weighted by atomic mass is 9.67. The van der Waals surface area contributed by atoms with Gasteiger partial charge < -0.3 is 0 Å². The molecule has 4 rings (SSSR count). The molecule has 0 bridgehead atoms. The third-order valence-corrected chi connectivity index (χ3v) is 5.30. The highest BCUT2D eigenvalue weighted by Gasteiger charge is 2.44. The second kappa shape index (κ2) is 5.04. The molecular formula is C21H25N2+. The summed E-state index contributed by atoms with van der Waals surface area (Å²) in [4.78, 5) is 0. The Morgan fingerprint density at radius 3 is 1.74 bits per heavy atom. The SMILES string of the molecule is C[N+](C)(C)N=C1CCC2(CC1)c1ccccc1-c1ccccc12. The molecule has 2 heteroatoms. The highest BCUT2D eigenvalue weighted by Crippen LogP contribution is 2.55. The van der Waals surface area contributed by atoms with E-state index in [4.69, 9.17) is 5.10 Å². The average molecular weight is 305 g/mol. The van der Waals surface area contributed by atoms with Crippen molar-refractivity contribution in [2.75, 3.05) is 21.1 Å². The molecule has 2 aromatic rings. The Labute approximate surface area is 139 Å². The summed E-state index contributed by atoms with van der Waals surface area (Å²) in [7, 11) is 6.41. The van der Waals surface area contributed by atoms with Gasteiger partial charge >= 0.3 is 0 Å². The maximum absolute atomic E-state index is 4.89. The average Bonchev–Trinajstić information content (AvgIpc) is 2.80. The van der Waals surface area contributed by atoms with E-state index in [9.17, 15) is 0 Å². The fourth-order valence-corrected chi connectivity index (χ4v) is 4.44. The normalized spacial score (nSPS) is 18.7. The molecule has 0 saturated heterocycles. The van der Waals surface area contributed by atoms with Gasteiger partial charge in [0.1, 0.15) is 0 Å². The van der Waals surface area contributed by atoms with Gasteiger partial charge in [0.2, 0.25) is 0 Å². The summed E-state index contributed by atoms with van der Waals surface area (Å²) in [6, 6.07) is 18.0. The van der Waals surface area contributed by atoms with Crippen LogP contribution in [0.2, 0.25) is 0 Å². The Hall–Kier alpha value is -1.93. The predicted molar refractivity (Wildman–Crippen MR) is 96.6 cm³/mol. The number of hydrogen-bond donors (Lipinski definition) is 0. The van der Waals surface area contributed by atoms with Crippen LogP contribution < -0.4 is 0 Å². The van der Waals surface area contributed by atoms with E-state index in [1.165, 1.54) is 40.8 Å². The molecule has 1 spiro atoms. The van der Waals surface area contributed by atoms with Gasteiger partial charge in [0, 0.05) is 5.41 Å². The van der Waals surface area contributed by atoms with Crippen LogP contribution in [0.5, 0.6) is 0 Å². The molecule has 2 aliphatic rings. The summed E-state index contributed by atoms with van der Waals surface area (Å²) in [5.74, 6) is 0. The number of fused-ring (bicyclic) bond motifs is 5. The molecule has 0 N–H and O–H groups in total. The summed E-state index contributed by atoms with van der Waals surface area (Å²) in [6.45, 7) is 0. The first-order chi connectivity index (χ1) is 11.0. The van der Waals surface area contributed by atoms with Crippen molar-refractivity contribution < 1.29 is 4.59 Å². The Morgan fingerprint density at radius 2 is 1.26 bits per heavy atom. The zero-order valence-electron chi connectivity index (χ0n) is 14.3. The zero-order chi connectivity index (χ0) is 16.1. The fourth-order valence-electron chi connectivity index (χ4n) is 4.44. The van der Waals surface area contributed by atoms with Gasteiger partial charge in [0.25, 0.3) is 0 Å². The molecule has 0 aliphatic heterocycles. The van der Waals surface area contributed by atoms with E-state index in [0.29, 0.717) is 4.59 Å². The molecule has 0 heterocycles. The Kier molecular flexibility index (Phi) is 3.21. The number of hydrogen-bond acceptors (Lipinski definition) is 1. The molecule has 0 atom stereocenters. The maximum Gasteiger partial charge on any atom is 0.0923 e. The molecule has 0 aromatic heterocycles. The van der Waals surface area contributed by atoms with E-state index in [2.05, 4.69) is 69.7 Å². The second-order valence-corrected chi connectivity index (χ2v) is 7.78. The molecule has 1 saturated carbocycles. The predicted octanol–water partition coefficient (Wildman–Crippen LogP) is 4.59. The lowest BCUT2D eigenvalue weighted by Gasteiger charge is -2.36. The van der Waals surface area contributed by atoms with Crippen LogP contribution in [0.3, 0.4) is 0 Å². The van der Waals surface area contributed by atoms with Crippen molar-refractivity contribution in [3.8, 4) is 11.1 Å². The quantitative estimate of drug-likeness (QED) is 0.540. The standard InChI is InChI=1S/C21H25N2/c1-23(2,3)22-16-12-14-21(15-13-16)19-10-6-4-8-17(19)18-9-5-7-11-20(18)21/h4-11H,12-15H2,1-3H3/q+1. The van der Waals surface area contributed by atoms with Gasteiger partial charge in [-0.3, -0.25) is 0 Å². The number of nitrogens with zero attached hydrogens (tertiary/aromatic N) is 2. The van der Waals surface area contributed by atoms with E-state index in [0.717, 1.165) is 12.8 Å². The first kappa shape index (κ1) is 14.6. The summed E-state index contributed by atoms with van der Waals surface area (Å²) in [5.41, 5.74) is 7.53. The molecule has 2 aliphatic carbocycles. The zero-order valence-corrected chi connectivity index (χ0v) is 14.3. The minimum atomic E-state index is 0.205. The van der Waals surface area contributed by atoms with Crippen LogP contribution in [0.15, 0.2) is 53.6 Å². The van der Waals surface area contributed by atoms with Crippen molar-refractivity contribution >= 4 is 5.71 Å². The molecule has 0 unspecified atom stereocenters. The topological polar surface area (TPSA) is 12.4 Å². The maximum atomic E-state index is 4.89. The first-order valence-electron chi connectivity index (χ1n) is 8.58. The van der Waals surface area contributed by atoms with E-state index in [-0.39, 0.29) is 5.41 Å². The minimum absolute atomic E-state index is 0.205. The van der Waals surface area contributed by atoms with Gasteiger partial charge in [-0.1, -0.05) is 53.6 Å². The smallest absolute Gasteiger partial charge is 0.0923 e. The van der Waals surface area contributed by atoms with Crippen molar-refractivity contribution in [2.24, 2.45) is 5.10 Å². The number of rotatable bonds is 1. The number of benzene rings is 2. The van der Waals surface area contributed by atoms with Crippen molar-refractivity contribution in [1.82, 2.24) is 0 Å². The van der Waals surface area contributed by atoms with E-state index < -0.39 is 0 Å². The largest absolute Gasteiger partial charge is 0.205 e. The summed E-state index contributed by atoms with van der Waals surface area (Å²) in [5, 5.41) is 4.89. The minimum Gasteiger partial charge on any atom is -0.205 e.